The first-order valence-corrected chi connectivity index (χ1v) is 10.4. The van der Waals surface area contributed by atoms with Crippen LogP contribution in [0.2, 0.25) is 0 Å². The van der Waals surface area contributed by atoms with E-state index in [1.54, 1.807) is 13.2 Å². The molecule has 6 heteroatoms. The van der Waals surface area contributed by atoms with Crippen molar-refractivity contribution in [2.75, 3.05) is 26.8 Å². The van der Waals surface area contributed by atoms with E-state index in [4.69, 9.17) is 9.47 Å². The number of ether oxygens (including phenoxy) is 2. The van der Waals surface area contributed by atoms with Gasteiger partial charge in [-0.25, -0.2) is 0 Å². The molecule has 1 aliphatic rings. The quantitative estimate of drug-likeness (QED) is 0.642. The van der Waals surface area contributed by atoms with Crippen LogP contribution < -0.4 is 14.8 Å². The Morgan fingerprint density at radius 3 is 2.41 bits per heavy atom. The number of rotatable bonds is 9. The molecule has 2 amide bonds. The molecule has 1 heterocycles. The lowest BCUT2D eigenvalue weighted by atomic mass is 10.0. The minimum absolute atomic E-state index is 0.00701. The van der Waals surface area contributed by atoms with Gasteiger partial charge in [0.2, 0.25) is 11.8 Å². The second-order valence-corrected chi connectivity index (χ2v) is 8.21. The van der Waals surface area contributed by atoms with Crippen molar-refractivity contribution in [3.05, 3.63) is 29.8 Å². The van der Waals surface area contributed by atoms with Crippen LogP contribution in [0.5, 0.6) is 11.5 Å². The summed E-state index contributed by atoms with van der Waals surface area (Å²) in [6.07, 6.45) is 5.23. The first-order valence-electron chi connectivity index (χ1n) is 10.4. The Balaban J connectivity index is 2.01. The zero-order chi connectivity index (χ0) is 21.4. The fourth-order valence-electron chi connectivity index (χ4n) is 3.18. The van der Waals surface area contributed by atoms with Crippen LogP contribution in [-0.2, 0) is 9.59 Å². The number of hydrogen-bond donors (Lipinski definition) is 1. The molecule has 0 spiro atoms. The monoisotopic (exact) mass is 402 g/mol. The number of carbonyl (C=O) groups excluding carboxylic acids is 2. The van der Waals surface area contributed by atoms with Gasteiger partial charge in [0.25, 0.3) is 0 Å². The van der Waals surface area contributed by atoms with E-state index >= 15 is 0 Å². The average Bonchev–Trinajstić information content (AvgIpc) is 3.23. The Labute approximate surface area is 174 Å². The fraction of sp³-hybridized carbons (Fsp3) is 0.565. The van der Waals surface area contributed by atoms with Gasteiger partial charge in [0.1, 0.15) is 6.04 Å². The molecule has 1 fully saturated rings. The number of benzene rings is 1. The molecule has 160 valence electrons. The van der Waals surface area contributed by atoms with Crippen molar-refractivity contribution in [1.29, 1.82) is 0 Å². The standard InChI is InChI=1S/C23H34N2O4/c1-16(2)15-29-19-10-8-18(14-20(19)28-5)9-11-21(26)24-22(17(3)4)23(27)25-12-6-7-13-25/h8-11,14,16-17,22H,6-7,12-13,15H2,1-5H3,(H,24,26)/b11-9+/t22-/m0/s1. The van der Waals surface area contributed by atoms with Crippen molar-refractivity contribution in [3.8, 4) is 11.5 Å². The highest BCUT2D eigenvalue weighted by atomic mass is 16.5. The summed E-state index contributed by atoms with van der Waals surface area (Å²) in [5, 5.41) is 2.86. The van der Waals surface area contributed by atoms with Gasteiger partial charge in [-0.05, 0) is 48.4 Å². The van der Waals surface area contributed by atoms with Gasteiger partial charge in [0.15, 0.2) is 11.5 Å². The van der Waals surface area contributed by atoms with Crippen molar-refractivity contribution in [2.45, 2.75) is 46.6 Å². The molecular weight excluding hydrogens is 368 g/mol. The van der Waals surface area contributed by atoms with Crippen LogP contribution in [0.4, 0.5) is 0 Å². The molecule has 1 aromatic carbocycles. The maximum absolute atomic E-state index is 12.7. The van der Waals surface area contributed by atoms with Gasteiger partial charge in [-0.1, -0.05) is 33.8 Å². The number of likely N-dealkylation sites (tertiary alicyclic amines) is 1. The molecule has 0 saturated carbocycles. The minimum atomic E-state index is -0.508. The van der Waals surface area contributed by atoms with E-state index in [0.29, 0.717) is 24.0 Å². The minimum Gasteiger partial charge on any atom is -0.493 e. The lowest BCUT2D eigenvalue weighted by molar-refractivity contribution is -0.135. The number of nitrogens with one attached hydrogen (secondary N) is 1. The largest absolute Gasteiger partial charge is 0.493 e. The molecule has 0 unspecified atom stereocenters. The van der Waals surface area contributed by atoms with E-state index in [9.17, 15) is 9.59 Å². The topological polar surface area (TPSA) is 67.9 Å². The van der Waals surface area contributed by atoms with Crippen LogP contribution in [0.15, 0.2) is 24.3 Å². The predicted octanol–water partition coefficient (Wildman–Crippen LogP) is 3.51. The number of nitrogens with zero attached hydrogens (tertiary/aromatic N) is 1. The lowest BCUT2D eigenvalue weighted by Crippen LogP contribution is -2.50. The fourth-order valence-corrected chi connectivity index (χ4v) is 3.18. The van der Waals surface area contributed by atoms with Gasteiger partial charge in [-0.3, -0.25) is 9.59 Å². The predicted molar refractivity (Wildman–Crippen MR) is 115 cm³/mol. The molecule has 2 rings (SSSR count). The molecule has 0 aromatic heterocycles. The summed E-state index contributed by atoms with van der Waals surface area (Å²) in [7, 11) is 1.59. The van der Waals surface area contributed by atoms with E-state index < -0.39 is 6.04 Å². The molecule has 0 aliphatic carbocycles. The van der Waals surface area contributed by atoms with Gasteiger partial charge in [0.05, 0.1) is 13.7 Å². The number of methoxy groups -OCH3 is 1. The summed E-state index contributed by atoms with van der Waals surface area (Å²) in [5.74, 6) is 1.47. The summed E-state index contributed by atoms with van der Waals surface area (Å²) >= 11 is 0. The molecule has 1 aliphatic heterocycles. The first-order chi connectivity index (χ1) is 13.8. The number of carbonyl (C=O) groups is 2. The molecule has 1 atom stereocenters. The molecule has 0 radical (unpaired) electrons. The Kier molecular flexibility index (Phi) is 8.55. The van der Waals surface area contributed by atoms with Crippen molar-refractivity contribution in [3.63, 3.8) is 0 Å². The van der Waals surface area contributed by atoms with E-state index in [-0.39, 0.29) is 17.7 Å². The normalized spacial score (nSPS) is 15.2. The van der Waals surface area contributed by atoms with Crippen molar-refractivity contribution >= 4 is 17.9 Å². The van der Waals surface area contributed by atoms with E-state index in [1.165, 1.54) is 6.08 Å². The molecule has 0 bridgehead atoms. The molecule has 29 heavy (non-hydrogen) atoms. The van der Waals surface area contributed by atoms with Crippen LogP contribution in [0.25, 0.3) is 6.08 Å². The highest BCUT2D eigenvalue weighted by Gasteiger charge is 2.29. The lowest BCUT2D eigenvalue weighted by Gasteiger charge is -2.26. The molecule has 1 saturated heterocycles. The Bertz CT molecular complexity index is 722. The maximum Gasteiger partial charge on any atom is 0.245 e. The third-order valence-electron chi connectivity index (χ3n) is 4.84. The van der Waals surface area contributed by atoms with E-state index in [2.05, 4.69) is 19.2 Å². The van der Waals surface area contributed by atoms with Crippen molar-refractivity contribution < 1.29 is 19.1 Å². The molecule has 1 aromatic rings. The molecule has 6 nitrogen and oxygen atoms in total. The van der Waals surface area contributed by atoms with Gasteiger partial charge in [-0.2, -0.15) is 0 Å². The highest BCUT2D eigenvalue weighted by molar-refractivity contribution is 5.95. The zero-order valence-electron chi connectivity index (χ0n) is 18.2. The first kappa shape index (κ1) is 22.8. The van der Waals surface area contributed by atoms with Crippen molar-refractivity contribution in [1.82, 2.24) is 10.2 Å². The van der Waals surface area contributed by atoms with Gasteiger partial charge < -0.3 is 19.7 Å². The van der Waals surface area contributed by atoms with E-state index in [1.807, 2.05) is 36.9 Å². The molecular formula is C23H34N2O4. The maximum atomic E-state index is 12.7. The summed E-state index contributed by atoms with van der Waals surface area (Å²) in [6.45, 7) is 10.2. The Hall–Kier alpha value is -2.50. The van der Waals surface area contributed by atoms with Crippen LogP contribution in [0.3, 0.4) is 0 Å². The Morgan fingerprint density at radius 2 is 1.83 bits per heavy atom. The molecule has 1 N–H and O–H groups in total. The second kappa shape index (κ2) is 10.9. The Morgan fingerprint density at radius 1 is 1.14 bits per heavy atom. The summed E-state index contributed by atoms with van der Waals surface area (Å²) in [4.78, 5) is 27.0. The van der Waals surface area contributed by atoms with Crippen LogP contribution in [0.1, 0.15) is 46.1 Å². The summed E-state index contributed by atoms with van der Waals surface area (Å²) in [5.41, 5.74) is 0.820. The smallest absolute Gasteiger partial charge is 0.245 e. The van der Waals surface area contributed by atoms with Crippen molar-refractivity contribution in [2.24, 2.45) is 11.8 Å². The van der Waals surface area contributed by atoms with Crippen LogP contribution in [0, 0.1) is 11.8 Å². The number of hydrogen-bond acceptors (Lipinski definition) is 4. The average molecular weight is 403 g/mol. The van der Waals surface area contributed by atoms with E-state index in [0.717, 1.165) is 31.5 Å². The second-order valence-electron chi connectivity index (χ2n) is 8.21. The summed E-state index contributed by atoms with van der Waals surface area (Å²) in [6, 6.07) is 5.03. The highest BCUT2D eigenvalue weighted by Crippen LogP contribution is 2.29. The van der Waals surface area contributed by atoms with Crippen LogP contribution in [-0.4, -0.2) is 49.6 Å². The number of amides is 2. The van der Waals surface area contributed by atoms with Gasteiger partial charge >= 0.3 is 0 Å². The summed E-state index contributed by atoms with van der Waals surface area (Å²) < 4.78 is 11.2. The third-order valence-corrected chi connectivity index (χ3v) is 4.84. The van der Waals surface area contributed by atoms with Gasteiger partial charge in [-0.15, -0.1) is 0 Å². The third kappa shape index (κ3) is 6.80. The van der Waals surface area contributed by atoms with Gasteiger partial charge in [0, 0.05) is 19.2 Å². The zero-order valence-corrected chi connectivity index (χ0v) is 18.2. The SMILES string of the molecule is COc1cc(/C=C/C(=O)N[C@H](C(=O)N2CCCC2)C(C)C)ccc1OCC(C)C. The van der Waals surface area contributed by atoms with Crippen LogP contribution >= 0.6 is 0 Å².